The van der Waals surface area contributed by atoms with Crippen LogP contribution in [-0.2, 0) is 9.53 Å². The van der Waals surface area contributed by atoms with Gasteiger partial charge >= 0.3 is 0 Å². The van der Waals surface area contributed by atoms with E-state index in [0.29, 0.717) is 19.6 Å². The summed E-state index contributed by atoms with van der Waals surface area (Å²) >= 11 is 0. The fourth-order valence-electron chi connectivity index (χ4n) is 1.95. The van der Waals surface area contributed by atoms with Gasteiger partial charge in [0.15, 0.2) is 0 Å². The maximum atomic E-state index is 11.8. The summed E-state index contributed by atoms with van der Waals surface area (Å²) < 4.78 is 5.37. The minimum absolute atomic E-state index is 0.106. The zero-order valence-electron chi connectivity index (χ0n) is 13.1. The molecule has 0 aliphatic carbocycles. The molecule has 0 saturated carbocycles. The first-order chi connectivity index (χ1) is 9.91. The van der Waals surface area contributed by atoms with Gasteiger partial charge in [0.25, 0.3) is 0 Å². The zero-order chi connectivity index (χ0) is 15.5. The standard InChI is InChI=1S/C14H23N5O2/c1-14(2,21-4)9-15-11-7-12(17-10-16-11)19-6-5-18(3)13(20)8-19/h7,10H,5-6,8-9H2,1-4H3,(H,15,16,17). The van der Waals surface area contributed by atoms with E-state index in [2.05, 4.69) is 15.3 Å². The van der Waals surface area contributed by atoms with Crippen molar-refractivity contribution in [2.75, 3.05) is 50.6 Å². The number of nitrogens with one attached hydrogen (secondary N) is 1. The number of carbonyl (C=O) groups is 1. The lowest BCUT2D eigenvalue weighted by molar-refractivity contribution is -0.129. The number of rotatable bonds is 5. The SMILES string of the molecule is COC(C)(C)CNc1cc(N2CCN(C)C(=O)C2)ncn1. The molecule has 1 aliphatic rings. The molecule has 1 aromatic rings. The number of likely N-dealkylation sites (N-methyl/N-ethyl adjacent to an activating group) is 1. The maximum absolute atomic E-state index is 11.8. The molecule has 0 bridgehead atoms. The molecule has 2 rings (SSSR count). The molecule has 0 aromatic carbocycles. The highest BCUT2D eigenvalue weighted by atomic mass is 16.5. The number of amides is 1. The van der Waals surface area contributed by atoms with E-state index in [1.54, 1.807) is 12.0 Å². The molecule has 0 atom stereocenters. The lowest BCUT2D eigenvalue weighted by atomic mass is 10.1. The third-order valence-electron chi connectivity index (χ3n) is 3.68. The van der Waals surface area contributed by atoms with Gasteiger partial charge in [-0.3, -0.25) is 4.79 Å². The second kappa shape index (κ2) is 6.26. The van der Waals surface area contributed by atoms with Crippen LogP contribution in [0.3, 0.4) is 0 Å². The van der Waals surface area contributed by atoms with E-state index in [-0.39, 0.29) is 11.5 Å². The fraction of sp³-hybridized carbons (Fsp3) is 0.643. The summed E-state index contributed by atoms with van der Waals surface area (Å²) in [6.45, 7) is 6.49. The Morgan fingerprint density at radius 2 is 2.14 bits per heavy atom. The minimum Gasteiger partial charge on any atom is -0.377 e. The minimum atomic E-state index is -0.269. The summed E-state index contributed by atoms with van der Waals surface area (Å²) in [5.74, 6) is 1.61. The third-order valence-corrected chi connectivity index (χ3v) is 3.68. The number of aromatic nitrogens is 2. The molecule has 1 fully saturated rings. The Bertz CT molecular complexity index is 506. The molecular formula is C14H23N5O2. The van der Waals surface area contributed by atoms with Gasteiger partial charge in [-0.2, -0.15) is 0 Å². The Balaban J connectivity index is 2.02. The third kappa shape index (κ3) is 4.04. The molecule has 116 valence electrons. The molecule has 21 heavy (non-hydrogen) atoms. The first-order valence-corrected chi connectivity index (χ1v) is 7.01. The number of methoxy groups -OCH3 is 1. The second-order valence-corrected chi connectivity index (χ2v) is 5.82. The second-order valence-electron chi connectivity index (χ2n) is 5.82. The van der Waals surface area contributed by atoms with E-state index >= 15 is 0 Å². The van der Waals surface area contributed by atoms with Crippen LogP contribution >= 0.6 is 0 Å². The van der Waals surface area contributed by atoms with Gasteiger partial charge in [0.2, 0.25) is 5.91 Å². The van der Waals surface area contributed by atoms with Gasteiger partial charge in [0, 0.05) is 39.9 Å². The Labute approximate surface area is 125 Å². The molecule has 7 nitrogen and oxygen atoms in total. The molecule has 1 saturated heterocycles. The summed E-state index contributed by atoms with van der Waals surface area (Å²) in [5.41, 5.74) is -0.269. The number of ether oxygens (including phenoxy) is 1. The first kappa shape index (κ1) is 15.5. The number of anilines is 2. The van der Waals surface area contributed by atoms with Crippen molar-refractivity contribution in [1.82, 2.24) is 14.9 Å². The van der Waals surface area contributed by atoms with Crippen LogP contribution < -0.4 is 10.2 Å². The van der Waals surface area contributed by atoms with Crippen LogP contribution in [0.5, 0.6) is 0 Å². The number of hydrogen-bond donors (Lipinski definition) is 1. The summed E-state index contributed by atoms with van der Waals surface area (Å²) in [6, 6.07) is 1.87. The van der Waals surface area contributed by atoms with Crippen LogP contribution in [0.2, 0.25) is 0 Å². The quantitative estimate of drug-likeness (QED) is 0.857. The highest BCUT2D eigenvalue weighted by molar-refractivity contribution is 5.82. The fourth-order valence-corrected chi connectivity index (χ4v) is 1.95. The van der Waals surface area contributed by atoms with Gasteiger partial charge in [-0.05, 0) is 13.8 Å². The van der Waals surface area contributed by atoms with E-state index in [1.807, 2.05) is 31.9 Å². The Morgan fingerprint density at radius 3 is 2.81 bits per heavy atom. The predicted octanol–water partition coefficient (Wildman–Crippen LogP) is 0.592. The molecule has 7 heteroatoms. The molecule has 2 heterocycles. The molecular weight excluding hydrogens is 270 g/mol. The van der Waals surface area contributed by atoms with E-state index in [9.17, 15) is 4.79 Å². The summed E-state index contributed by atoms with van der Waals surface area (Å²) in [4.78, 5) is 23.9. The van der Waals surface area contributed by atoms with Gasteiger partial charge in [-0.1, -0.05) is 0 Å². The van der Waals surface area contributed by atoms with Crippen LogP contribution in [-0.4, -0.2) is 66.7 Å². The average Bonchev–Trinajstić information content (AvgIpc) is 2.48. The number of piperazine rings is 1. The van der Waals surface area contributed by atoms with Crippen LogP contribution in [0.15, 0.2) is 12.4 Å². The molecule has 1 amide bonds. The van der Waals surface area contributed by atoms with Crippen LogP contribution in [0, 0.1) is 0 Å². The topological polar surface area (TPSA) is 70.6 Å². The van der Waals surface area contributed by atoms with Gasteiger partial charge in [0.05, 0.1) is 12.1 Å². The highest BCUT2D eigenvalue weighted by Gasteiger charge is 2.22. The van der Waals surface area contributed by atoms with Gasteiger partial charge in [0.1, 0.15) is 18.0 Å². The van der Waals surface area contributed by atoms with E-state index < -0.39 is 0 Å². The first-order valence-electron chi connectivity index (χ1n) is 7.01. The molecule has 0 spiro atoms. The molecule has 0 unspecified atom stereocenters. The Morgan fingerprint density at radius 1 is 1.38 bits per heavy atom. The molecule has 1 N–H and O–H groups in total. The van der Waals surface area contributed by atoms with Crippen molar-refractivity contribution >= 4 is 17.5 Å². The van der Waals surface area contributed by atoms with E-state index in [0.717, 1.165) is 18.2 Å². The summed E-state index contributed by atoms with van der Waals surface area (Å²) in [7, 11) is 3.50. The Hall–Kier alpha value is -1.89. The van der Waals surface area contributed by atoms with Crippen LogP contribution in [0.1, 0.15) is 13.8 Å². The molecule has 0 radical (unpaired) electrons. The largest absolute Gasteiger partial charge is 0.377 e. The lowest BCUT2D eigenvalue weighted by Gasteiger charge is -2.32. The van der Waals surface area contributed by atoms with Crippen molar-refractivity contribution in [3.05, 3.63) is 12.4 Å². The average molecular weight is 293 g/mol. The number of carbonyl (C=O) groups excluding carboxylic acids is 1. The lowest BCUT2D eigenvalue weighted by Crippen LogP contribution is -2.48. The van der Waals surface area contributed by atoms with Crippen molar-refractivity contribution in [2.24, 2.45) is 0 Å². The number of hydrogen-bond acceptors (Lipinski definition) is 6. The van der Waals surface area contributed by atoms with Crippen molar-refractivity contribution in [3.8, 4) is 0 Å². The normalized spacial score (nSPS) is 16.3. The van der Waals surface area contributed by atoms with Crippen molar-refractivity contribution in [2.45, 2.75) is 19.4 Å². The van der Waals surface area contributed by atoms with Crippen molar-refractivity contribution in [3.63, 3.8) is 0 Å². The summed E-state index contributed by atoms with van der Waals surface area (Å²) in [6.07, 6.45) is 1.51. The van der Waals surface area contributed by atoms with E-state index in [1.165, 1.54) is 6.33 Å². The van der Waals surface area contributed by atoms with Gasteiger partial charge in [-0.15, -0.1) is 0 Å². The molecule has 1 aromatic heterocycles. The maximum Gasteiger partial charge on any atom is 0.241 e. The van der Waals surface area contributed by atoms with Crippen molar-refractivity contribution < 1.29 is 9.53 Å². The van der Waals surface area contributed by atoms with Crippen LogP contribution in [0.4, 0.5) is 11.6 Å². The predicted molar refractivity (Wildman–Crippen MR) is 81.5 cm³/mol. The van der Waals surface area contributed by atoms with E-state index in [4.69, 9.17) is 4.74 Å². The molecule has 1 aliphatic heterocycles. The number of nitrogens with zero attached hydrogens (tertiary/aromatic N) is 4. The Kier molecular flexibility index (Phi) is 4.62. The highest BCUT2D eigenvalue weighted by Crippen LogP contribution is 2.17. The van der Waals surface area contributed by atoms with Crippen molar-refractivity contribution in [1.29, 1.82) is 0 Å². The smallest absolute Gasteiger partial charge is 0.241 e. The monoisotopic (exact) mass is 293 g/mol. The van der Waals surface area contributed by atoms with Crippen LogP contribution in [0.25, 0.3) is 0 Å². The van der Waals surface area contributed by atoms with Gasteiger partial charge < -0.3 is 19.9 Å². The van der Waals surface area contributed by atoms with Gasteiger partial charge in [-0.25, -0.2) is 9.97 Å². The zero-order valence-corrected chi connectivity index (χ0v) is 13.1. The summed E-state index contributed by atoms with van der Waals surface area (Å²) in [5, 5.41) is 3.24.